The molecule has 9 heteroatoms. The van der Waals surface area contributed by atoms with Crippen molar-refractivity contribution in [3.05, 3.63) is 75.1 Å². The van der Waals surface area contributed by atoms with E-state index in [0.717, 1.165) is 15.8 Å². The zero-order valence-electron chi connectivity index (χ0n) is 14.3. The van der Waals surface area contributed by atoms with E-state index in [4.69, 9.17) is 0 Å². The quantitative estimate of drug-likeness (QED) is 0.673. The van der Waals surface area contributed by atoms with Crippen molar-refractivity contribution in [2.45, 2.75) is 19.4 Å². The minimum absolute atomic E-state index is 0.106. The van der Waals surface area contributed by atoms with Gasteiger partial charge < -0.3 is 10.3 Å². The van der Waals surface area contributed by atoms with Gasteiger partial charge in [0.2, 0.25) is 5.91 Å². The summed E-state index contributed by atoms with van der Waals surface area (Å²) in [6.07, 6.45) is 4.23. The van der Waals surface area contributed by atoms with E-state index in [1.54, 1.807) is 11.0 Å². The molecule has 134 valence electrons. The predicted octanol–water partition coefficient (Wildman–Crippen LogP) is 0.0742. The smallest absolute Gasteiger partial charge is 0.328 e. The molecular formula is C17H18N6O3. The van der Waals surface area contributed by atoms with E-state index in [1.807, 2.05) is 31.2 Å². The molecule has 0 aliphatic rings. The molecule has 1 amide bonds. The molecular weight excluding hydrogens is 336 g/mol. The molecule has 2 aromatic heterocycles. The minimum Gasteiger partial charge on any atom is -0.349 e. The largest absolute Gasteiger partial charge is 0.349 e. The van der Waals surface area contributed by atoms with E-state index in [0.29, 0.717) is 0 Å². The van der Waals surface area contributed by atoms with Gasteiger partial charge in [-0.2, -0.15) is 5.10 Å². The number of H-pyrrole nitrogens is 1. The Kier molecular flexibility index (Phi) is 4.78. The summed E-state index contributed by atoms with van der Waals surface area (Å²) in [5, 5.41) is 6.90. The zero-order chi connectivity index (χ0) is 18.7. The summed E-state index contributed by atoms with van der Waals surface area (Å²) in [5.74, 6) is -0.304. The maximum Gasteiger partial charge on any atom is 0.328 e. The molecule has 3 rings (SSSR count). The molecule has 3 aromatic rings. The Labute approximate surface area is 148 Å². The molecule has 0 aliphatic heterocycles. The Morgan fingerprint density at radius 2 is 2.00 bits per heavy atom. The van der Waals surface area contributed by atoms with Gasteiger partial charge in [0.25, 0.3) is 5.56 Å². The van der Waals surface area contributed by atoms with E-state index in [2.05, 4.69) is 20.4 Å². The fourth-order valence-corrected chi connectivity index (χ4v) is 2.55. The van der Waals surface area contributed by atoms with Crippen molar-refractivity contribution in [3.8, 4) is 5.69 Å². The number of benzene rings is 1. The van der Waals surface area contributed by atoms with Gasteiger partial charge in [-0.05, 0) is 24.6 Å². The molecule has 26 heavy (non-hydrogen) atoms. The van der Waals surface area contributed by atoms with Gasteiger partial charge in [0, 0.05) is 18.8 Å². The molecule has 0 radical (unpaired) electrons. The van der Waals surface area contributed by atoms with E-state index in [-0.39, 0.29) is 23.9 Å². The van der Waals surface area contributed by atoms with Crippen LogP contribution in [0.5, 0.6) is 0 Å². The molecule has 0 spiro atoms. The van der Waals surface area contributed by atoms with Gasteiger partial charge in [-0.25, -0.2) is 14.5 Å². The third-order valence-corrected chi connectivity index (χ3v) is 4.06. The average Bonchev–Trinajstić information content (AvgIpc) is 3.17. The molecule has 0 saturated carbocycles. The van der Waals surface area contributed by atoms with Crippen LogP contribution in [0.15, 0.2) is 52.7 Å². The standard InChI is InChI=1S/C17H18N6O3/c1-11(12-3-5-14(6-4-12)23-10-18-9-20-23)21-15(24)7-13-8-19-17(26)22(2)16(13)25/h3-6,8-11H,7H2,1-2H3,(H,19,26)(H,21,24)/t11-/m0/s1. The minimum atomic E-state index is -0.514. The number of aromatic amines is 1. The van der Waals surface area contributed by atoms with E-state index >= 15 is 0 Å². The van der Waals surface area contributed by atoms with Crippen molar-refractivity contribution in [3.63, 3.8) is 0 Å². The molecule has 0 unspecified atom stereocenters. The lowest BCUT2D eigenvalue weighted by atomic mass is 10.1. The number of carbonyl (C=O) groups excluding carboxylic acids is 1. The second-order valence-corrected chi connectivity index (χ2v) is 5.88. The maximum absolute atomic E-state index is 12.2. The molecule has 0 aliphatic carbocycles. The Morgan fingerprint density at radius 1 is 1.27 bits per heavy atom. The van der Waals surface area contributed by atoms with Gasteiger partial charge >= 0.3 is 5.69 Å². The predicted molar refractivity (Wildman–Crippen MR) is 93.9 cm³/mol. The second kappa shape index (κ2) is 7.18. The first-order valence-electron chi connectivity index (χ1n) is 7.97. The second-order valence-electron chi connectivity index (χ2n) is 5.88. The molecule has 2 N–H and O–H groups in total. The van der Waals surface area contributed by atoms with E-state index in [9.17, 15) is 14.4 Å². The highest BCUT2D eigenvalue weighted by Gasteiger charge is 2.13. The highest BCUT2D eigenvalue weighted by Crippen LogP contribution is 2.15. The lowest BCUT2D eigenvalue weighted by molar-refractivity contribution is -0.121. The van der Waals surface area contributed by atoms with Crippen molar-refractivity contribution in [2.24, 2.45) is 7.05 Å². The van der Waals surface area contributed by atoms with Gasteiger partial charge in [0.05, 0.1) is 18.2 Å². The highest BCUT2D eigenvalue weighted by atomic mass is 16.2. The molecule has 9 nitrogen and oxygen atoms in total. The fraction of sp³-hybridized carbons (Fsp3) is 0.235. The van der Waals surface area contributed by atoms with Crippen molar-refractivity contribution < 1.29 is 4.79 Å². The summed E-state index contributed by atoms with van der Waals surface area (Å²) < 4.78 is 2.58. The SMILES string of the molecule is C[C@H](NC(=O)Cc1c[nH]c(=O)n(C)c1=O)c1ccc(-n2cncn2)cc1. The lowest BCUT2D eigenvalue weighted by Crippen LogP contribution is -2.37. The summed E-state index contributed by atoms with van der Waals surface area (Å²) >= 11 is 0. The number of amides is 1. The van der Waals surface area contributed by atoms with Gasteiger partial charge in [-0.15, -0.1) is 0 Å². The van der Waals surface area contributed by atoms with E-state index < -0.39 is 11.2 Å². The number of aromatic nitrogens is 5. The number of nitrogens with one attached hydrogen (secondary N) is 2. The lowest BCUT2D eigenvalue weighted by Gasteiger charge is -2.15. The van der Waals surface area contributed by atoms with Gasteiger partial charge in [-0.1, -0.05) is 12.1 Å². The first-order chi connectivity index (χ1) is 12.5. The molecule has 2 heterocycles. The van der Waals surface area contributed by atoms with Crippen LogP contribution in [0.4, 0.5) is 0 Å². The molecule has 0 bridgehead atoms. The summed E-state index contributed by atoms with van der Waals surface area (Å²) in [4.78, 5) is 41.9. The Bertz CT molecular complexity index is 1020. The number of hydrogen-bond donors (Lipinski definition) is 2. The summed E-state index contributed by atoms with van der Waals surface area (Å²) in [5.41, 5.74) is 1.02. The van der Waals surface area contributed by atoms with Crippen molar-refractivity contribution >= 4 is 5.91 Å². The van der Waals surface area contributed by atoms with Crippen molar-refractivity contribution in [1.29, 1.82) is 0 Å². The number of carbonyl (C=O) groups is 1. The number of nitrogens with zero attached hydrogens (tertiary/aromatic N) is 4. The molecule has 1 aromatic carbocycles. The molecule has 0 saturated heterocycles. The Morgan fingerprint density at radius 3 is 2.65 bits per heavy atom. The van der Waals surface area contributed by atoms with Gasteiger partial charge in [-0.3, -0.25) is 14.2 Å². The van der Waals surface area contributed by atoms with Crippen LogP contribution in [-0.4, -0.2) is 30.2 Å². The summed E-state index contributed by atoms with van der Waals surface area (Å²) in [6.45, 7) is 1.85. The van der Waals surface area contributed by atoms with Crippen molar-refractivity contribution in [1.82, 2.24) is 29.6 Å². The van der Waals surface area contributed by atoms with E-state index in [1.165, 1.54) is 19.6 Å². The molecule has 0 fully saturated rings. The van der Waals surface area contributed by atoms with Crippen LogP contribution < -0.4 is 16.6 Å². The van der Waals surface area contributed by atoms with Gasteiger partial charge in [0.1, 0.15) is 12.7 Å². The fourth-order valence-electron chi connectivity index (χ4n) is 2.55. The normalized spacial score (nSPS) is 11.9. The maximum atomic E-state index is 12.2. The number of rotatable bonds is 5. The van der Waals surface area contributed by atoms with Gasteiger partial charge in [0.15, 0.2) is 0 Å². The Hall–Kier alpha value is -3.49. The van der Waals surface area contributed by atoms with Crippen LogP contribution in [0.2, 0.25) is 0 Å². The zero-order valence-corrected chi connectivity index (χ0v) is 14.3. The number of hydrogen-bond acceptors (Lipinski definition) is 5. The van der Waals surface area contributed by atoms with Crippen LogP contribution >= 0.6 is 0 Å². The third kappa shape index (κ3) is 3.61. The average molecular weight is 354 g/mol. The summed E-state index contributed by atoms with van der Waals surface area (Å²) in [7, 11) is 1.36. The van der Waals surface area contributed by atoms with Crippen LogP contribution in [-0.2, 0) is 18.3 Å². The van der Waals surface area contributed by atoms with Crippen LogP contribution in [0.1, 0.15) is 24.1 Å². The topological polar surface area (TPSA) is 115 Å². The van der Waals surface area contributed by atoms with Crippen LogP contribution in [0.25, 0.3) is 5.69 Å². The van der Waals surface area contributed by atoms with Crippen LogP contribution in [0, 0.1) is 0 Å². The highest BCUT2D eigenvalue weighted by molar-refractivity contribution is 5.78. The monoisotopic (exact) mass is 354 g/mol. The summed E-state index contributed by atoms with van der Waals surface area (Å²) in [6, 6.07) is 7.30. The molecule has 1 atom stereocenters. The first-order valence-corrected chi connectivity index (χ1v) is 7.97. The van der Waals surface area contributed by atoms with Crippen LogP contribution in [0.3, 0.4) is 0 Å². The van der Waals surface area contributed by atoms with Crippen molar-refractivity contribution in [2.75, 3.05) is 0 Å². The first kappa shape index (κ1) is 17.3. The Balaban J connectivity index is 1.67. The third-order valence-electron chi connectivity index (χ3n) is 4.06.